The first kappa shape index (κ1) is 18.0. The molecule has 0 spiro atoms. The van der Waals surface area contributed by atoms with Crippen molar-refractivity contribution in [2.75, 3.05) is 19.7 Å². The molecule has 8 nitrogen and oxygen atoms in total. The smallest absolute Gasteiger partial charge is 0.409 e. The fourth-order valence-corrected chi connectivity index (χ4v) is 2.69. The molecule has 1 saturated heterocycles. The van der Waals surface area contributed by atoms with Crippen molar-refractivity contribution in [2.24, 2.45) is 0 Å². The Morgan fingerprint density at radius 1 is 1.42 bits per heavy atom. The normalized spacial score (nSPS) is 15.0. The van der Waals surface area contributed by atoms with Crippen molar-refractivity contribution in [1.82, 2.24) is 10.2 Å². The van der Waals surface area contributed by atoms with Crippen LogP contribution in [-0.4, -0.2) is 47.6 Å². The lowest BCUT2D eigenvalue weighted by Crippen LogP contribution is -2.46. The molecule has 0 atom stereocenters. The molecule has 24 heavy (non-hydrogen) atoms. The Morgan fingerprint density at radius 2 is 2.08 bits per heavy atom. The molecule has 2 amide bonds. The number of carbonyl (C=O) groups excluding carboxylic acids is 2. The number of piperidine rings is 1. The van der Waals surface area contributed by atoms with E-state index in [0.717, 1.165) is 6.07 Å². The van der Waals surface area contributed by atoms with Crippen LogP contribution in [0, 0.1) is 10.1 Å². The second-order valence-electron chi connectivity index (χ2n) is 5.35. The second kappa shape index (κ2) is 7.96. The Hall–Kier alpha value is -2.35. The minimum absolute atomic E-state index is 0.0682. The summed E-state index contributed by atoms with van der Waals surface area (Å²) in [5.74, 6) is -0.460. The molecule has 1 heterocycles. The molecular weight excluding hydrogens is 338 g/mol. The van der Waals surface area contributed by atoms with Crippen molar-refractivity contribution in [3.63, 3.8) is 0 Å². The van der Waals surface area contributed by atoms with E-state index < -0.39 is 10.8 Å². The zero-order valence-electron chi connectivity index (χ0n) is 13.2. The largest absolute Gasteiger partial charge is 0.450 e. The van der Waals surface area contributed by atoms with Gasteiger partial charge in [-0.05, 0) is 25.8 Å². The van der Waals surface area contributed by atoms with Crippen LogP contribution in [0.2, 0.25) is 5.02 Å². The minimum atomic E-state index is -0.578. The average molecular weight is 356 g/mol. The van der Waals surface area contributed by atoms with Crippen molar-refractivity contribution in [1.29, 1.82) is 0 Å². The molecule has 0 bridgehead atoms. The number of hydrogen-bond acceptors (Lipinski definition) is 5. The Labute approximate surface area is 143 Å². The molecule has 1 aromatic rings. The van der Waals surface area contributed by atoms with E-state index in [1.54, 1.807) is 11.8 Å². The molecular formula is C15H18ClN3O5. The molecule has 1 aliphatic heterocycles. The van der Waals surface area contributed by atoms with Gasteiger partial charge in [-0.15, -0.1) is 0 Å². The summed E-state index contributed by atoms with van der Waals surface area (Å²) in [6.07, 6.45) is 0.804. The van der Waals surface area contributed by atoms with Gasteiger partial charge in [0.2, 0.25) is 0 Å². The number of benzene rings is 1. The molecule has 2 rings (SSSR count). The predicted octanol–water partition coefficient (Wildman–Crippen LogP) is 2.60. The third-order valence-corrected chi connectivity index (χ3v) is 4.09. The average Bonchev–Trinajstić information content (AvgIpc) is 2.55. The van der Waals surface area contributed by atoms with Crippen LogP contribution < -0.4 is 5.32 Å². The van der Waals surface area contributed by atoms with Crippen LogP contribution in [-0.2, 0) is 4.74 Å². The number of nitrogens with one attached hydrogen (secondary N) is 1. The Bertz CT molecular complexity index is 644. The maximum Gasteiger partial charge on any atom is 0.409 e. The Balaban J connectivity index is 1.95. The number of hydrogen-bond donors (Lipinski definition) is 1. The van der Waals surface area contributed by atoms with Gasteiger partial charge in [-0.3, -0.25) is 14.9 Å². The minimum Gasteiger partial charge on any atom is -0.450 e. The number of nitro groups is 1. The van der Waals surface area contributed by atoms with Gasteiger partial charge in [-0.2, -0.15) is 0 Å². The summed E-state index contributed by atoms with van der Waals surface area (Å²) in [5, 5.41) is 13.8. The van der Waals surface area contributed by atoms with Gasteiger partial charge in [-0.1, -0.05) is 11.6 Å². The van der Waals surface area contributed by atoms with E-state index in [2.05, 4.69) is 5.32 Å². The van der Waals surface area contributed by atoms with Gasteiger partial charge >= 0.3 is 6.09 Å². The molecule has 0 saturated carbocycles. The molecule has 0 unspecified atom stereocenters. The zero-order valence-corrected chi connectivity index (χ0v) is 13.9. The van der Waals surface area contributed by atoms with Gasteiger partial charge in [0.15, 0.2) is 0 Å². The van der Waals surface area contributed by atoms with E-state index in [0.29, 0.717) is 32.5 Å². The van der Waals surface area contributed by atoms with Crippen LogP contribution in [0.1, 0.15) is 30.1 Å². The topological polar surface area (TPSA) is 102 Å². The zero-order chi connectivity index (χ0) is 17.7. The van der Waals surface area contributed by atoms with E-state index in [9.17, 15) is 19.7 Å². The molecule has 0 aliphatic carbocycles. The first-order valence-corrected chi connectivity index (χ1v) is 7.96. The van der Waals surface area contributed by atoms with E-state index in [4.69, 9.17) is 16.3 Å². The third kappa shape index (κ3) is 4.35. The maximum absolute atomic E-state index is 12.3. The summed E-state index contributed by atoms with van der Waals surface area (Å²) < 4.78 is 4.94. The van der Waals surface area contributed by atoms with Crippen molar-refractivity contribution in [3.05, 3.63) is 38.9 Å². The predicted molar refractivity (Wildman–Crippen MR) is 87.2 cm³/mol. The highest BCUT2D eigenvalue weighted by atomic mass is 35.5. The SMILES string of the molecule is CCOC(=O)N1CCC(NC(=O)c2cc([N+](=O)[O-])ccc2Cl)CC1. The standard InChI is InChI=1S/C15H18ClN3O5/c1-2-24-15(21)18-7-5-10(6-8-18)17-14(20)12-9-11(19(22)23)3-4-13(12)16/h3-4,9-10H,2,5-8H2,1H3,(H,17,20). The summed E-state index contributed by atoms with van der Waals surface area (Å²) in [6, 6.07) is 3.61. The van der Waals surface area contributed by atoms with Crippen LogP contribution in [0.15, 0.2) is 18.2 Å². The highest BCUT2D eigenvalue weighted by molar-refractivity contribution is 6.33. The highest BCUT2D eigenvalue weighted by Crippen LogP contribution is 2.22. The Kier molecular flexibility index (Phi) is 5.97. The van der Waals surface area contributed by atoms with Gasteiger partial charge in [-0.25, -0.2) is 4.79 Å². The molecule has 1 aliphatic rings. The first-order valence-electron chi connectivity index (χ1n) is 7.59. The third-order valence-electron chi connectivity index (χ3n) is 3.76. The van der Waals surface area contributed by atoms with Crippen LogP contribution in [0.4, 0.5) is 10.5 Å². The van der Waals surface area contributed by atoms with E-state index in [-0.39, 0.29) is 28.4 Å². The number of non-ortho nitro benzene ring substituents is 1. The number of ether oxygens (including phenoxy) is 1. The lowest BCUT2D eigenvalue weighted by Gasteiger charge is -2.31. The highest BCUT2D eigenvalue weighted by Gasteiger charge is 2.25. The van der Waals surface area contributed by atoms with E-state index in [1.165, 1.54) is 12.1 Å². The van der Waals surface area contributed by atoms with E-state index >= 15 is 0 Å². The van der Waals surface area contributed by atoms with Crippen LogP contribution >= 0.6 is 11.6 Å². The molecule has 1 fully saturated rings. The van der Waals surface area contributed by atoms with Crippen LogP contribution in [0.25, 0.3) is 0 Å². The van der Waals surface area contributed by atoms with Gasteiger partial charge in [0.1, 0.15) is 0 Å². The molecule has 130 valence electrons. The van der Waals surface area contributed by atoms with Crippen LogP contribution in [0.5, 0.6) is 0 Å². The molecule has 1 N–H and O–H groups in total. The quantitative estimate of drug-likeness (QED) is 0.660. The van der Waals surface area contributed by atoms with Crippen molar-refractivity contribution < 1.29 is 19.2 Å². The van der Waals surface area contributed by atoms with Crippen molar-refractivity contribution in [2.45, 2.75) is 25.8 Å². The van der Waals surface area contributed by atoms with Gasteiger partial charge in [0.05, 0.1) is 22.1 Å². The number of amides is 2. The Morgan fingerprint density at radius 3 is 2.67 bits per heavy atom. The van der Waals surface area contributed by atoms with Gasteiger partial charge in [0, 0.05) is 31.3 Å². The van der Waals surface area contributed by atoms with Crippen molar-refractivity contribution in [3.8, 4) is 0 Å². The monoisotopic (exact) mass is 355 g/mol. The fraction of sp³-hybridized carbons (Fsp3) is 0.467. The molecule has 0 aromatic heterocycles. The lowest BCUT2D eigenvalue weighted by atomic mass is 10.0. The van der Waals surface area contributed by atoms with Gasteiger partial charge in [0.25, 0.3) is 11.6 Å². The summed E-state index contributed by atoms with van der Waals surface area (Å²) in [6.45, 7) is 3.02. The van der Waals surface area contributed by atoms with Crippen molar-refractivity contribution >= 4 is 29.3 Å². The number of carbonyl (C=O) groups is 2. The summed E-state index contributed by atoms with van der Waals surface area (Å²) in [5.41, 5.74) is -0.125. The molecule has 9 heteroatoms. The summed E-state index contributed by atoms with van der Waals surface area (Å²) >= 11 is 5.96. The summed E-state index contributed by atoms with van der Waals surface area (Å²) in [4.78, 5) is 35.8. The first-order chi connectivity index (χ1) is 11.4. The maximum atomic E-state index is 12.3. The molecule has 0 radical (unpaired) electrons. The van der Waals surface area contributed by atoms with Gasteiger partial charge < -0.3 is 15.0 Å². The number of halogens is 1. The number of nitrogens with zero attached hydrogens (tertiary/aromatic N) is 2. The lowest BCUT2D eigenvalue weighted by molar-refractivity contribution is -0.384. The number of nitro benzene ring substituents is 1. The number of likely N-dealkylation sites (tertiary alicyclic amines) is 1. The second-order valence-corrected chi connectivity index (χ2v) is 5.76. The summed E-state index contributed by atoms with van der Waals surface area (Å²) in [7, 11) is 0. The van der Waals surface area contributed by atoms with E-state index in [1.807, 2.05) is 0 Å². The molecule has 1 aromatic carbocycles. The number of rotatable bonds is 4. The van der Waals surface area contributed by atoms with Crippen LogP contribution in [0.3, 0.4) is 0 Å². The fourth-order valence-electron chi connectivity index (χ4n) is 2.49.